The van der Waals surface area contributed by atoms with Gasteiger partial charge in [-0.1, -0.05) is 41.9 Å². The van der Waals surface area contributed by atoms with E-state index in [0.717, 1.165) is 38.4 Å². The van der Waals surface area contributed by atoms with Crippen molar-refractivity contribution in [3.63, 3.8) is 0 Å². The second kappa shape index (κ2) is 8.14. The van der Waals surface area contributed by atoms with Crippen LogP contribution in [-0.2, 0) is 17.8 Å². The Labute approximate surface area is 178 Å². The Morgan fingerprint density at radius 1 is 1.03 bits per heavy atom. The number of rotatable bonds is 4. The number of hydrogen-bond donors (Lipinski definition) is 0. The monoisotopic (exact) mass is 424 g/mol. The largest absolute Gasteiger partial charge is 0.379 e. The van der Waals surface area contributed by atoms with Crippen molar-refractivity contribution >= 4 is 17.3 Å². The molecule has 2 aliphatic rings. The fraction of sp³-hybridized carbons (Fsp3) is 0.333. The van der Waals surface area contributed by atoms with Gasteiger partial charge >= 0.3 is 5.69 Å². The zero-order valence-electron chi connectivity index (χ0n) is 16.4. The summed E-state index contributed by atoms with van der Waals surface area (Å²) >= 11 is 6.20. The molecule has 0 N–H and O–H groups in total. The standard InChI is InChI=1S/C21H21ClN6O2/c22-17-7-6-16-20(24-17)19(15-4-2-1-3-5-15)23-14-18-25-27(21(29)28(16)18)9-8-26-10-12-30-13-11-26/h1-7H,8-14H2. The van der Waals surface area contributed by atoms with Crippen LogP contribution in [0.25, 0.3) is 5.69 Å². The van der Waals surface area contributed by atoms with Gasteiger partial charge in [-0.2, -0.15) is 5.10 Å². The van der Waals surface area contributed by atoms with Gasteiger partial charge in [-0.15, -0.1) is 0 Å². The molecule has 0 unspecified atom stereocenters. The quantitative estimate of drug-likeness (QED) is 0.596. The Balaban J connectivity index is 1.54. The van der Waals surface area contributed by atoms with Gasteiger partial charge in [0.25, 0.3) is 0 Å². The van der Waals surface area contributed by atoms with Crippen molar-refractivity contribution in [2.24, 2.45) is 4.99 Å². The Kier molecular flexibility index (Phi) is 5.20. The van der Waals surface area contributed by atoms with Gasteiger partial charge in [0.2, 0.25) is 0 Å². The molecule has 4 heterocycles. The summed E-state index contributed by atoms with van der Waals surface area (Å²) in [6.07, 6.45) is 0. The first-order chi connectivity index (χ1) is 14.7. The van der Waals surface area contributed by atoms with E-state index in [4.69, 9.17) is 21.3 Å². The minimum atomic E-state index is -0.187. The number of fused-ring (bicyclic) bond motifs is 3. The summed E-state index contributed by atoms with van der Waals surface area (Å²) < 4.78 is 8.52. The molecule has 2 aliphatic heterocycles. The first kappa shape index (κ1) is 19.2. The Hall–Kier alpha value is -2.81. The van der Waals surface area contributed by atoms with E-state index in [2.05, 4.69) is 15.0 Å². The maximum Gasteiger partial charge on any atom is 0.350 e. The number of benzene rings is 1. The molecule has 0 atom stereocenters. The van der Waals surface area contributed by atoms with Crippen molar-refractivity contribution in [2.75, 3.05) is 32.8 Å². The second-order valence-electron chi connectivity index (χ2n) is 7.24. The van der Waals surface area contributed by atoms with E-state index in [0.29, 0.717) is 34.6 Å². The molecule has 9 heteroatoms. The van der Waals surface area contributed by atoms with Gasteiger partial charge in [0.15, 0.2) is 5.82 Å². The Morgan fingerprint density at radius 2 is 1.83 bits per heavy atom. The van der Waals surface area contributed by atoms with E-state index < -0.39 is 0 Å². The van der Waals surface area contributed by atoms with Crippen LogP contribution < -0.4 is 5.69 Å². The molecule has 30 heavy (non-hydrogen) atoms. The van der Waals surface area contributed by atoms with Crippen LogP contribution in [0, 0.1) is 0 Å². The van der Waals surface area contributed by atoms with E-state index in [1.165, 1.54) is 4.68 Å². The summed E-state index contributed by atoms with van der Waals surface area (Å²) in [6.45, 7) is 4.76. The third-order valence-electron chi connectivity index (χ3n) is 5.37. The van der Waals surface area contributed by atoms with Crippen molar-refractivity contribution in [3.8, 4) is 5.69 Å². The average Bonchev–Trinajstić information content (AvgIpc) is 3.00. The lowest BCUT2D eigenvalue weighted by molar-refractivity contribution is 0.0358. The highest BCUT2D eigenvalue weighted by atomic mass is 35.5. The molecular weight excluding hydrogens is 404 g/mol. The van der Waals surface area contributed by atoms with E-state index in [1.54, 1.807) is 10.6 Å². The molecule has 3 aromatic rings. The van der Waals surface area contributed by atoms with Crippen LogP contribution in [0.15, 0.2) is 52.3 Å². The number of pyridine rings is 1. The minimum absolute atomic E-state index is 0.187. The van der Waals surface area contributed by atoms with E-state index in [1.807, 2.05) is 36.4 Å². The van der Waals surface area contributed by atoms with Gasteiger partial charge in [0.1, 0.15) is 17.4 Å². The lowest BCUT2D eigenvalue weighted by atomic mass is 10.1. The summed E-state index contributed by atoms with van der Waals surface area (Å²) in [6, 6.07) is 13.3. The van der Waals surface area contributed by atoms with Crippen LogP contribution in [0.3, 0.4) is 0 Å². The molecule has 1 aromatic carbocycles. The van der Waals surface area contributed by atoms with E-state index in [9.17, 15) is 4.79 Å². The molecule has 0 bridgehead atoms. The average molecular weight is 425 g/mol. The summed E-state index contributed by atoms with van der Waals surface area (Å²) in [7, 11) is 0. The van der Waals surface area contributed by atoms with Crippen LogP contribution in [-0.4, -0.2) is 62.8 Å². The number of hydrogen-bond acceptors (Lipinski definition) is 6. The molecule has 1 fully saturated rings. The molecule has 5 rings (SSSR count). The third-order valence-corrected chi connectivity index (χ3v) is 5.58. The first-order valence-corrected chi connectivity index (χ1v) is 10.3. The number of aliphatic imine (C=N–C) groups is 1. The molecule has 154 valence electrons. The predicted octanol–water partition coefficient (Wildman–Crippen LogP) is 1.77. The van der Waals surface area contributed by atoms with Gasteiger partial charge in [-0.3, -0.25) is 9.89 Å². The van der Waals surface area contributed by atoms with Crippen molar-refractivity contribution < 1.29 is 4.74 Å². The third kappa shape index (κ3) is 3.58. The minimum Gasteiger partial charge on any atom is -0.379 e. The topological polar surface area (TPSA) is 77.5 Å². The van der Waals surface area contributed by atoms with Crippen LogP contribution in [0.1, 0.15) is 17.1 Å². The van der Waals surface area contributed by atoms with E-state index >= 15 is 0 Å². The van der Waals surface area contributed by atoms with E-state index in [-0.39, 0.29) is 12.2 Å². The smallest absolute Gasteiger partial charge is 0.350 e. The fourth-order valence-electron chi connectivity index (χ4n) is 3.84. The van der Waals surface area contributed by atoms with Crippen molar-refractivity contribution in [1.29, 1.82) is 0 Å². The lowest BCUT2D eigenvalue weighted by Crippen LogP contribution is -2.39. The fourth-order valence-corrected chi connectivity index (χ4v) is 3.98. The number of ether oxygens (including phenoxy) is 1. The van der Waals surface area contributed by atoms with Gasteiger partial charge in [-0.25, -0.2) is 19.0 Å². The Bertz CT molecular complexity index is 1150. The van der Waals surface area contributed by atoms with Crippen LogP contribution in [0.2, 0.25) is 5.15 Å². The number of nitrogens with zero attached hydrogens (tertiary/aromatic N) is 6. The SMILES string of the molecule is O=c1n(CCN2CCOCC2)nc2n1-c1ccc(Cl)nc1C(c1ccccc1)=NC2. The highest BCUT2D eigenvalue weighted by Crippen LogP contribution is 2.23. The van der Waals surface area contributed by atoms with Crippen LogP contribution >= 0.6 is 11.6 Å². The maximum atomic E-state index is 13.2. The summed E-state index contributed by atoms with van der Waals surface area (Å²) in [5.74, 6) is 0.596. The summed E-state index contributed by atoms with van der Waals surface area (Å²) in [5, 5.41) is 4.94. The zero-order chi connectivity index (χ0) is 20.5. The van der Waals surface area contributed by atoms with Crippen molar-refractivity contribution in [1.82, 2.24) is 24.2 Å². The number of aromatic nitrogens is 4. The molecular formula is C21H21ClN6O2. The second-order valence-corrected chi connectivity index (χ2v) is 7.63. The normalized spacial score (nSPS) is 16.5. The zero-order valence-corrected chi connectivity index (χ0v) is 17.1. The molecule has 0 spiro atoms. The predicted molar refractivity (Wildman–Crippen MR) is 114 cm³/mol. The summed E-state index contributed by atoms with van der Waals surface area (Å²) in [5.41, 5.74) is 2.68. The molecule has 0 saturated carbocycles. The van der Waals surface area contributed by atoms with Gasteiger partial charge < -0.3 is 4.74 Å². The first-order valence-electron chi connectivity index (χ1n) is 9.97. The lowest BCUT2D eigenvalue weighted by Gasteiger charge is -2.26. The van der Waals surface area contributed by atoms with Gasteiger partial charge in [0, 0.05) is 25.2 Å². The highest BCUT2D eigenvalue weighted by molar-refractivity contribution is 6.29. The molecule has 2 aromatic heterocycles. The number of halogens is 1. The van der Waals surface area contributed by atoms with Gasteiger partial charge in [-0.05, 0) is 12.1 Å². The molecule has 0 radical (unpaired) electrons. The van der Waals surface area contributed by atoms with Gasteiger partial charge in [0.05, 0.1) is 31.2 Å². The highest BCUT2D eigenvalue weighted by Gasteiger charge is 2.25. The molecule has 0 amide bonds. The van der Waals surface area contributed by atoms with Crippen LogP contribution in [0.4, 0.5) is 0 Å². The molecule has 0 aliphatic carbocycles. The Morgan fingerprint density at radius 3 is 2.63 bits per heavy atom. The maximum absolute atomic E-state index is 13.2. The summed E-state index contributed by atoms with van der Waals surface area (Å²) in [4.78, 5) is 24.8. The number of morpholine rings is 1. The molecule has 1 saturated heterocycles. The van der Waals surface area contributed by atoms with Crippen molar-refractivity contribution in [2.45, 2.75) is 13.1 Å². The van der Waals surface area contributed by atoms with Crippen molar-refractivity contribution in [3.05, 3.63) is 75.2 Å². The molecule has 8 nitrogen and oxygen atoms in total. The van der Waals surface area contributed by atoms with Crippen LogP contribution in [0.5, 0.6) is 0 Å².